The van der Waals surface area contributed by atoms with Crippen LogP contribution in [0.2, 0.25) is 5.02 Å². The number of aromatic nitrogens is 1. The molecule has 0 saturated heterocycles. The first kappa shape index (κ1) is 23.3. The third kappa shape index (κ3) is 4.50. The summed E-state index contributed by atoms with van der Waals surface area (Å²) in [6, 6.07) is 6.11. The number of fused-ring (bicyclic) bond motifs is 3. The lowest BCUT2D eigenvalue weighted by Gasteiger charge is -2.26. The van der Waals surface area contributed by atoms with Gasteiger partial charge in [0.25, 0.3) is 5.56 Å². The molecule has 0 unspecified atom stereocenters. The molecule has 1 aliphatic carbocycles. The van der Waals surface area contributed by atoms with Gasteiger partial charge in [-0.25, -0.2) is 13.2 Å². The van der Waals surface area contributed by atoms with Crippen LogP contribution in [0.15, 0.2) is 27.9 Å². The molecule has 0 radical (unpaired) electrons. The van der Waals surface area contributed by atoms with Crippen LogP contribution in [-0.2, 0) is 20.3 Å². The summed E-state index contributed by atoms with van der Waals surface area (Å²) in [5, 5.41) is 8.87. The Morgan fingerprint density at radius 2 is 2.03 bits per heavy atom. The van der Waals surface area contributed by atoms with E-state index in [9.17, 15) is 18.0 Å². The van der Waals surface area contributed by atoms with Crippen molar-refractivity contribution in [3.8, 4) is 23.1 Å². The van der Waals surface area contributed by atoms with E-state index in [1.165, 1.54) is 22.8 Å². The largest absolute Gasteiger partial charge is 0.492 e. The molecule has 174 valence electrons. The first-order valence-corrected chi connectivity index (χ1v) is 12.7. The van der Waals surface area contributed by atoms with Crippen molar-refractivity contribution >= 4 is 27.4 Å². The Morgan fingerprint density at radius 3 is 2.67 bits per heavy atom. The van der Waals surface area contributed by atoms with Crippen LogP contribution in [0.25, 0.3) is 11.3 Å². The monoisotopic (exact) mass is 490 g/mol. The van der Waals surface area contributed by atoms with Crippen LogP contribution in [0.4, 0.5) is 0 Å². The summed E-state index contributed by atoms with van der Waals surface area (Å²) in [5.74, 6) is -0.924. The maximum Gasteiger partial charge on any atom is 0.344 e. The predicted octanol–water partition coefficient (Wildman–Crippen LogP) is 4.04. The van der Waals surface area contributed by atoms with Gasteiger partial charge < -0.3 is 14.0 Å². The van der Waals surface area contributed by atoms with Gasteiger partial charge in [0.1, 0.15) is 11.3 Å². The second kappa shape index (κ2) is 8.84. The lowest BCUT2D eigenvalue weighted by Crippen LogP contribution is -2.32. The van der Waals surface area contributed by atoms with Crippen molar-refractivity contribution in [1.82, 2.24) is 4.57 Å². The molecule has 2 aliphatic rings. The maximum atomic E-state index is 13.3. The van der Waals surface area contributed by atoms with Gasteiger partial charge in [-0.1, -0.05) is 11.6 Å². The standard InChI is InChI=1S/C23H23ClN2O6S/c1-13(2)32-23(28)17-9-14-12-33(29,30)20-11-19(31-8-4-3-7-25)18(24)10-16(20)21(14)26(22(17)27)15-5-6-15/h9-11,13,15H,3-6,8,12H2,1-2H3. The molecule has 1 aromatic heterocycles. The highest BCUT2D eigenvalue weighted by Gasteiger charge is 2.37. The van der Waals surface area contributed by atoms with Crippen molar-refractivity contribution in [2.24, 2.45) is 0 Å². The summed E-state index contributed by atoms with van der Waals surface area (Å²) < 4.78 is 38.7. The topological polar surface area (TPSA) is 115 Å². The van der Waals surface area contributed by atoms with Crippen molar-refractivity contribution in [3.63, 3.8) is 0 Å². The lowest BCUT2D eigenvalue weighted by molar-refractivity contribution is 0.0375. The van der Waals surface area contributed by atoms with Crippen LogP contribution < -0.4 is 10.3 Å². The Morgan fingerprint density at radius 1 is 1.30 bits per heavy atom. The quantitative estimate of drug-likeness (QED) is 0.424. The normalized spacial score (nSPS) is 16.0. The van der Waals surface area contributed by atoms with Crippen LogP contribution in [0.3, 0.4) is 0 Å². The van der Waals surface area contributed by atoms with E-state index < -0.39 is 27.5 Å². The number of nitrogens with zero attached hydrogens (tertiary/aromatic N) is 2. The van der Waals surface area contributed by atoms with E-state index in [2.05, 4.69) is 0 Å². The number of hydrogen-bond donors (Lipinski definition) is 0. The van der Waals surface area contributed by atoms with E-state index >= 15 is 0 Å². The minimum Gasteiger partial charge on any atom is -0.492 e. The van der Waals surface area contributed by atoms with Gasteiger partial charge in [-0.3, -0.25) is 4.79 Å². The molecule has 1 aromatic carbocycles. The van der Waals surface area contributed by atoms with Gasteiger partial charge in [0.15, 0.2) is 9.84 Å². The zero-order valence-corrected chi connectivity index (χ0v) is 19.8. The highest BCUT2D eigenvalue weighted by molar-refractivity contribution is 7.90. The Hall–Kier alpha value is -2.83. The van der Waals surface area contributed by atoms with Crippen molar-refractivity contribution in [2.45, 2.75) is 62.3 Å². The van der Waals surface area contributed by atoms with Crippen molar-refractivity contribution in [1.29, 1.82) is 5.26 Å². The van der Waals surface area contributed by atoms with Crippen LogP contribution in [0, 0.1) is 11.3 Å². The summed E-state index contributed by atoms with van der Waals surface area (Å²) in [7, 11) is -3.79. The number of unbranched alkanes of at least 4 members (excludes halogenated alkanes) is 1. The average molecular weight is 491 g/mol. The predicted molar refractivity (Wildman–Crippen MR) is 121 cm³/mol. The smallest absolute Gasteiger partial charge is 0.344 e. The molecule has 33 heavy (non-hydrogen) atoms. The Balaban J connectivity index is 1.88. The molecule has 0 spiro atoms. The van der Waals surface area contributed by atoms with Crippen LogP contribution in [0.5, 0.6) is 5.75 Å². The van der Waals surface area contributed by atoms with Crippen molar-refractivity contribution < 1.29 is 22.7 Å². The van der Waals surface area contributed by atoms with Crippen molar-refractivity contribution in [2.75, 3.05) is 6.61 Å². The number of benzene rings is 1. The minimum absolute atomic E-state index is 0.0287. The van der Waals surface area contributed by atoms with Gasteiger partial charge in [0, 0.05) is 24.1 Å². The second-order valence-electron chi connectivity index (χ2n) is 8.44. The third-order valence-corrected chi connectivity index (χ3v) is 7.44. The third-order valence-electron chi connectivity index (χ3n) is 5.45. The molecule has 0 bridgehead atoms. The van der Waals surface area contributed by atoms with Gasteiger partial charge in [0.05, 0.1) is 40.1 Å². The SMILES string of the molecule is CC(C)OC(=O)c1cc2c(n(C3CC3)c1=O)-c1cc(Cl)c(OCCCC#N)cc1S(=O)(=O)C2. The Kier molecular flexibility index (Phi) is 6.25. The fraction of sp³-hybridized carbons (Fsp3) is 0.435. The van der Waals surface area contributed by atoms with E-state index in [4.69, 9.17) is 26.3 Å². The number of esters is 1. The molecule has 0 amide bonds. The second-order valence-corrected chi connectivity index (χ2v) is 10.8. The summed E-state index contributed by atoms with van der Waals surface area (Å²) in [4.78, 5) is 25.9. The van der Waals surface area contributed by atoms with Gasteiger partial charge in [-0.2, -0.15) is 5.26 Å². The number of halogens is 1. The van der Waals surface area contributed by atoms with E-state index in [0.717, 1.165) is 12.8 Å². The number of carbonyl (C=O) groups is 1. The molecule has 2 aromatic rings. The number of carbonyl (C=O) groups excluding carboxylic acids is 1. The summed E-state index contributed by atoms with van der Waals surface area (Å²) in [6.45, 7) is 3.58. The number of sulfone groups is 1. The molecule has 0 N–H and O–H groups in total. The molecule has 1 aliphatic heterocycles. The molecule has 4 rings (SSSR count). The van der Waals surface area contributed by atoms with E-state index in [1.807, 2.05) is 6.07 Å². The molecule has 8 nitrogen and oxygen atoms in total. The zero-order chi connectivity index (χ0) is 23.9. The number of hydrogen-bond acceptors (Lipinski definition) is 7. The molecular formula is C23H23ClN2O6S. The fourth-order valence-electron chi connectivity index (χ4n) is 3.91. The van der Waals surface area contributed by atoms with Gasteiger partial charge in [0.2, 0.25) is 0 Å². The highest BCUT2D eigenvalue weighted by atomic mass is 35.5. The minimum atomic E-state index is -3.79. The number of rotatable bonds is 7. The molecular weight excluding hydrogens is 468 g/mol. The van der Waals surface area contributed by atoms with Crippen LogP contribution in [-0.4, -0.2) is 31.7 Å². The number of pyridine rings is 1. The lowest BCUT2D eigenvalue weighted by atomic mass is 10.0. The molecule has 0 atom stereocenters. The van der Waals surface area contributed by atoms with Crippen LogP contribution >= 0.6 is 11.6 Å². The zero-order valence-electron chi connectivity index (χ0n) is 18.3. The molecule has 1 fully saturated rings. The average Bonchev–Trinajstić information content (AvgIpc) is 3.56. The molecule has 1 saturated carbocycles. The molecule has 2 heterocycles. The number of ether oxygens (including phenoxy) is 2. The summed E-state index contributed by atoms with van der Waals surface area (Å²) in [6.07, 6.45) is 1.88. The summed E-state index contributed by atoms with van der Waals surface area (Å²) >= 11 is 6.41. The van der Waals surface area contributed by atoms with Gasteiger partial charge in [-0.15, -0.1) is 0 Å². The van der Waals surface area contributed by atoms with Crippen LogP contribution in [0.1, 0.15) is 61.5 Å². The van der Waals surface area contributed by atoms with E-state index in [0.29, 0.717) is 29.7 Å². The Labute approximate surface area is 196 Å². The summed E-state index contributed by atoms with van der Waals surface area (Å²) in [5.41, 5.74) is 0.477. The fourth-order valence-corrected chi connectivity index (χ4v) is 5.69. The van der Waals surface area contributed by atoms with E-state index in [-0.39, 0.29) is 39.6 Å². The maximum absolute atomic E-state index is 13.3. The molecule has 10 heteroatoms. The van der Waals surface area contributed by atoms with Crippen molar-refractivity contribution in [3.05, 3.63) is 44.7 Å². The number of nitriles is 1. The Bertz CT molecular complexity index is 1340. The first-order chi connectivity index (χ1) is 15.6. The van der Waals surface area contributed by atoms with E-state index in [1.54, 1.807) is 13.8 Å². The first-order valence-electron chi connectivity index (χ1n) is 10.7. The highest BCUT2D eigenvalue weighted by Crippen LogP contribution is 2.46. The van der Waals surface area contributed by atoms with Gasteiger partial charge in [-0.05, 0) is 50.8 Å². The van der Waals surface area contributed by atoms with Gasteiger partial charge >= 0.3 is 5.97 Å².